The minimum Gasteiger partial charge on any atom is -0.486 e. The molecule has 0 saturated carbocycles. The van der Waals surface area contributed by atoms with Crippen molar-refractivity contribution < 1.29 is 24.5 Å². The zero-order valence-corrected chi connectivity index (χ0v) is 23.3. The molecule has 0 N–H and O–H groups in total. The Morgan fingerprint density at radius 2 is 1.36 bits per heavy atom. The fourth-order valence-electron chi connectivity index (χ4n) is 4.34. The van der Waals surface area contributed by atoms with Gasteiger partial charge in [0.15, 0.2) is 0 Å². The summed E-state index contributed by atoms with van der Waals surface area (Å²) in [4.78, 5) is 13.4. The number of furan rings is 1. The summed E-state index contributed by atoms with van der Waals surface area (Å²) in [7, 11) is 0. The van der Waals surface area contributed by atoms with Crippen molar-refractivity contribution >= 4 is 22.1 Å². The summed E-state index contributed by atoms with van der Waals surface area (Å²) in [5.41, 5.74) is 7.39. The van der Waals surface area contributed by atoms with Gasteiger partial charge in [-0.05, 0) is 41.2 Å². The van der Waals surface area contributed by atoms with Crippen molar-refractivity contribution in [3.8, 4) is 22.5 Å². The number of hydrogen-bond donors (Lipinski definition) is 0. The van der Waals surface area contributed by atoms with Crippen molar-refractivity contribution in [2.45, 2.75) is 6.42 Å². The molecular formula is C34H23IrN3O-2. The Bertz CT molecular complexity index is 1730. The molecule has 4 heterocycles. The molecule has 0 aliphatic rings. The van der Waals surface area contributed by atoms with Gasteiger partial charge >= 0.3 is 0 Å². The Morgan fingerprint density at radius 1 is 0.615 bits per heavy atom. The first-order chi connectivity index (χ1) is 18.8. The zero-order chi connectivity index (χ0) is 25.6. The average molecular weight is 682 g/mol. The van der Waals surface area contributed by atoms with E-state index in [0.717, 1.165) is 51.0 Å². The minimum absolute atomic E-state index is 0. The normalized spacial score (nSPS) is 10.5. The second kappa shape index (κ2) is 12.4. The molecule has 0 aliphatic carbocycles. The van der Waals surface area contributed by atoms with Crippen LogP contribution in [0, 0.1) is 12.1 Å². The van der Waals surface area contributed by atoms with Crippen molar-refractivity contribution in [1.29, 1.82) is 0 Å². The molecule has 0 amide bonds. The molecule has 0 fully saturated rings. The average Bonchev–Trinajstić information content (AvgIpc) is 3.37. The van der Waals surface area contributed by atoms with Gasteiger partial charge in [0.05, 0.1) is 5.58 Å². The number of aromatic nitrogens is 3. The van der Waals surface area contributed by atoms with Crippen LogP contribution in [-0.2, 0) is 26.5 Å². The summed E-state index contributed by atoms with van der Waals surface area (Å²) in [6.45, 7) is 0. The van der Waals surface area contributed by atoms with Gasteiger partial charge in [-0.3, -0.25) is 0 Å². The first-order valence-corrected chi connectivity index (χ1v) is 12.4. The van der Waals surface area contributed by atoms with Gasteiger partial charge in [-0.1, -0.05) is 65.5 Å². The van der Waals surface area contributed by atoms with E-state index >= 15 is 0 Å². The van der Waals surface area contributed by atoms with E-state index in [9.17, 15) is 0 Å². The van der Waals surface area contributed by atoms with Gasteiger partial charge in [0, 0.05) is 50.0 Å². The number of rotatable bonds is 4. The number of hydrogen-bond acceptors (Lipinski definition) is 4. The maximum absolute atomic E-state index is 6.13. The maximum Gasteiger partial charge on any atom is 0.216 e. The van der Waals surface area contributed by atoms with Gasteiger partial charge < -0.3 is 14.4 Å². The predicted octanol–water partition coefficient (Wildman–Crippen LogP) is 7.98. The molecule has 5 heteroatoms. The smallest absolute Gasteiger partial charge is 0.216 e. The summed E-state index contributed by atoms with van der Waals surface area (Å²) in [6.07, 6.45) is 4.35. The van der Waals surface area contributed by atoms with E-state index < -0.39 is 0 Å². The molecule has 0 unspecified atom stereocenters. The van der Waals surface area contributed by atoms with E-state index in [0.29, 0.717) is 5.71 Å². The third kappa shape index (κ3) is 6.01. The quantitative estimate of drug-likeness (QED) is 0.177. The maximum atomic E-state index is 6.13. The van der Waals surface area contributed by atoms with Gasteiger partial charge in [-0.15, -0.1) is 54.1 Å². The number of benzene rings is 3. The first kappa shape index (κ1) is 26.2. The van der Waals surface area contributed by atoms with Crippen LogP contribution in [-0.4, -0.2) is 15.0 Å². The van der Waals surface area contributed by atoms with Crippen LogP contribution in [0.3, 0.4) is 0 Å². The Labute approximate surface area is 240 Å². The number of nitrogens with zero attached hydrogens (tertiary/aromatic N) is 3. The molecule has 0 saturated heterocycles. The Hall–Kier alpha value is -4.44. The van der Waals surface area contributed by atoms with Crippen LogP contribution in [0.25, 0.3) is 44.6 Å². The third-order valence-electron chi connectivity index (χ3n) is 6.16. The second-order valence-corrected chi connectivity index (χ2v) is 8.72. The standard InChI is InChI=1S/C23H15N2O.C11H8N.Ir/c1-2-7-16(8-3-1)15-17-12-13-19-18-9-6-10-20(21-11-4-5-14-24-21)22(18)26-23(19)25-17;1-2-6-10(7-3-1)11-8-4-5-9-12-11;/h1-9,11-14H,15H2;1-6,8-9H;/q2*-1;. The third-order valence-corrected chi connectivity index (χ3v) is 6.16. The van der Waals surface area contributed by atoms with E-state index in [1.165, 1.54) is 5.56 Å². The van der Waals surface area contributed by atoms with E-state index in [2.05, 4.69) is 46.4 Å². The summed E-state index contributed by atoms with van der Waals surface area (Å²) in [6, 6.07) is 44.3. The van der Waals surface area contributed by atoms with Crippen LogP contribution in [0.15, 0.2) is 132 Å². The van der Waals surface area contributed by atoms with Crippen molar-refractivity contribution in [3.63, 3.8) is 0 Å². The summed E-state index contributed by atoms with van der Waals surface area (Å²) in [5, 5.41) is 2.06. The molecule has 0 spiro atoms. The fraction of sp³-hybridized carbons (Fsp3) is 0.0294. The SMILES string of the molecule is [Ir].[c-]1ccc2c(oc3nc(Cc4ccccc4)ccc32)c1-c1ccccn1.[c-]1ccccc1-c1ccccn1. The van der Waals surface area contributed by atoms with Crippen molar-refractivity contribution in [3.05, 3.63) is 151 Å². The van der Waals surface area contributed by atoms with Crippen LogP contribution in [0.1, 0.15) is 11.3 Å². The molecule has 4 nitrogen and oxygen atoms in total. The second-order valence-electron chi connectivity index (χ2n) is 8.72. The largest absolute Gasteiger partial charge is 0.486 e. The van der Waals surface area contributed by atoms with Gasteiger partial charge in [-0.2, -0.15) is 0 Å². The van der Waals surface area contributed by atoms with Gasteiger partial charge in [-0.25, -0.2) is 4.98 Å². The zero-order valence-electron chi connectivity index (χ0n) is 20.9. The van der Waals surface area contributed by atoms with Crippen LogP contribution in [0.2, 0.25) is 0 Å². The first-order valence-electron chi connectivity index (χ1n) is 12.4. The van der Waals surface area contributed by atoms with Crippen LogP contribution in [0.4, 0.5) is 0 Å². The molecule has 4 aromatic heterocycles. The number of pyridine rings is 3. The van der Waals surface area contributed by atoms with Crippen LogP contribution < -0.4 is 0 Å². The Balaban J connectivity index is 0.000000200. The van der Waals surface area contributed by atoms with Crippen molar-refractivity contribution in [2.24, 2.45) is 0 Å². The van der Waals surface area contributed by atoms with E-state index in [4.69, 9.17) is 9.40 Å². The molecule has 0 aliphatic heterocycles. The Kier molecular flexibility index (Phi) is 8.32. The van der Waals surface area contributed by atoms with Crippen LogP contribution in [0.5, 0.6) is 0 Å². The van der Waals surface area contributed by atoms with Gasteiger partial charge in [0.2, 0.25) is 5.71 Å². The molecule has 0 atom stereocenters. The van der Waals surface area contributed by atoms with E-state index in [-0.39, 0.29) is 20.1 Å². The molecule has 7 rings (SSSR count). The molecule has 7 aromatic rings. The van der Waals surface area contributed by atoms with Crippen LogP contribution >= 0.6 is 0 Å². The molecule has 0 bridgehead atoms. The monoisotopic (exact) mass is 682 g/mol. The molecular weight excluding hydrogens is 659 g/mol. The molecule has 3 aromatic carbocycles. The molecule has 39 heavy (non-hydrogen) atoms. The van der Waals surface area contributed by atoms with Gasteiger partial charge in [0.25, 0.3) is 0 Å². The van der Waals surface area contributed by atoms with E-state index in [1.54, 1.807) is 12.4 Å². The topological polar surface area (TPSA) is 51.8 Å². The summed E-state index contributed by atoms with van der Waals surface area (Å²) >= 11 is 0. The summed E-state index contributed by atoms with van der Waals surface area (Å²) in [5.74, 6) is 0. The van der Waals surface area contributed by atoms with Gasteiger partial charge in [0.1, 0.15) is 0 Å². The minimum atomic E-state index is 0. The number of fused-ring (bicyclic) bond motifs is 3. The molecule has 1 radical (unpaired) electrons. The molecule has 191 valence electrons. The summed E-state index contributed by atoms with van der Waals surface area (Å²) < 4.78 is 6.13. The van der Waals surface area contributed by atoms with Crippen molar-refractivity contribution in [2.75, 3.05) is 0 Å². The van der Waals surface area contributed by atoms with Crippen molar-refractivity contribution in [1.82, 2.24) is 15.0 Å². The predicted molar refractivity (Wildman–Crippen MR) is 151 cm³/mol. The fourth-order valence-corrected chi connectivity index (χ4v) is 4.34. The van der Waals surface area contributed by atoms with E-state index in [1.807, 2.05) is 91.0 Å². The Morgan fingerprint density at radius 3 is 2.08 bits per heavy atom.